The molecule has 0 unspecified atom stereocenters. The monoisotopic (exact) mass is 359 g/mol. The lowest BCUT2D eigenvalue weighted by Gasteiger charge is -2.06. The van der Waals surface area contributed by atoms with Gasteiger partial charge in [-0.25, -0.2) is 13.8 Å². The fraction of sp³-hybridized carbons (Fsp3) is 0.176. The third kappa shape index (κ3) is 3.82. The van der Waals surface area contributed by atoms with Gasteiger partial charge < -0.3 is 5.32 Å². The van der Waals surface area contributed by atoms with Crippen LogP contribution in [0.25, 0.3) is 11.3 Å². The van der Waals surface area contributed by atoms with Gasteiger partial charge in [0.15, 0.2) is 0 Å². The molecule has 7 nitrogen and oxygen atoms in total. The Balaban J connectivity index is 1.64. The van der Waals surface area contributed by atoms with Gasteiger partial charge in [0.05, 0.1) is 12.0 Å². The molecule has 2 heterocycles. The molecule has 26 heavy (non-hydrogen) atoms. The van der Waals surface area contributed by atoms with Crippen LogP contribution in [0.1, 0.15) is 16.2 Å². The highest BCUT2D eigenvalue weighted by Gasteiger charge is 2.14. The molecule has 0 aliphatic heterocycles. The highest BCUT2D eigenvalue weighted by Crippen LogP contribution is 2.22. The fourth-order valence-electron chi connectivity index (χ4n) is 2.34. The number of carbonyl (C=O) groups is 1. The fourth-order valence-corrected chi connectivity index (χ4v) is 2.34. The molecule has 2 N–H and O–H groups in total. The van der Waals surface area contributed by atoms with Crippen LogP contribution in [0, 0.1) is 18.6 Å². The molecular weight excluding hydrogens is 344 g/mol. The van der Waals surface area contributed by atoms with E-state index in [2.05, 4.69) is 20.5 Å². The normalized spacial score (nSPS) is 10.7. The number of nitrogens with one attached hydrogen (secondary N) is 2. The number of aromatic amines is 1. The number of aromatic nitrogens is 4. The molecule has 2 aromatic heterocycles. The maximum Gasteiger partial charge on any atom is 0.269 e. The van der Waals surface area contributed by atoms with E-state index in [1.54, 1.807) is 6.92 Å². The van der Waals surface area contributed by atoms with Gasteiger partial charge in [-0.05, 0) is 25.1 Å². The van der Waals surface area contributed by atoms with Gasteiger partial charge in [0.1, 0.15) is 17.3 Å². The van der Waals surface area contributed by atoms with Crippen LogP contribution < -0.4 is 10.9 Å². The maximum absolute atomic E-state index is 13.8. The number of halogens is 2. The Morgan fingerprint density at radius 2 is 2.08 bits per heavy atom. The number of hydrogen-bond acceptors (Lipinski definition) is 4. The number of carbonyl (C=O) groups excluding carboxylic acids is 1. The SMILES string of the molecule is Cc1cc(=O)n(CCNC(=O)c2cc(-c3ccc(F)cc3F)n[nH]2)cn1. The standard InChI is InChI=1S/C17H15F2N5O2/c1-10-6-16(25)24(9-21-10)5-4-20-17(26)15-8-14(22-23-15)12-3-2-11(18)7-13(12)19/h2-3,6-9H,4-5H2,1H3,(H,20,26)(H,22,23). The molecule has 1 aromatic carbocycles. The van der Waals surface area contributed by atoms with E-state index in [9.17, 15) is 18.4 Å². The molecule has 0 radical (unpaired) electrons. The molecule has 134 valence electrons. The van der Waals surface area contributed by atoms with Crippen molar-refractivity contribution >= 4 is 5.91 Å². The molecule has 0 fully saturated rings. The lowest BCUT2D eigenvalue weighted by molar-refractivity contribution is 0.0947. The minimum absolute atomic E-state index is 0.0824. The first kappa shape index (κ1) is 17.5. The Hall–Kier alpha value is -3.36. The lowest BCUT2D eigenvalue weighted by Crippen LogP contribution is -2.31. The van der Waals surface area contributed by atoms with E-state index in [1.807, 2.05) is 0 Å². The summed E-state index contributed by atoms with van der Waals surface area (Å²) in [6, 6.07) is 5.88. The van der Waals surface area contributed by atoms with Crippen LogP contribution in [0.5, 0.6) is 0 Å². The van der Waals surface area contributed by atoms with Gasteiger partial charge in [-0.2, -0.15) is 5.10 Å². The quantitative estimate of drug-likeness (QED) is 0.724. The zero-order valence-corrected chi connectivity index (χ0v) is 13.8. The third-order valence-electron chi connectivity index (χ3n) is 3.68. The summed E-state index contributed by atoms with van der Waals surface area (Å²) in [6.07, 6.45) is 1.41. The first-order valence-electron chi connectivity index (χ1n) is 7.76. The number of rotatable bonds is 5. The topological polar surface area (TPSA) is 92.7 Å². The van der Waals surface area contributed by atoms with Crippen molar-refractivity contribution < 1.29 is 13.6 Å². The van der Waals surface area contributed by atoms with E-state index in [1.165, 1.54) is 29.1 Å². The number of benzene rings is 1. The molecule has 0 atom stereocenters. The first-order valence-corrected chi connectivity index (χ1v) is 7.76. The van der Waals surface area contributed by atoms with Crippen LogP contribution >= 0.6 is 0 Å². The summed E-state index contributed by atoms with van der Waals surface area (Å²) >= 11 is 0. The maximum atomic E-state index is 13.8. The Labute approximate surface area is 146 Å². The van der Waals surface area contributed by atoms with Gasteiger partial charge in [-0.1, -0.05) is 0 Å². The van der Waals surface area contributed by atoms with Crippen molar-refractivity contribution in [3.8, 4) is 11.3 Å². The first-order chi connectivity index (χ1) is 12.4. The zero-order chi connectivity index (χ0) is 18.7. The van der Waals surface area contributed by atoms with Crippen LogP contribution in [0.4, 0.5) is 8.78 Å². The molecule has 3 aromatic rings. The average molecular weight is 359 g/mol. The molecule has 9 heteroatoms. The molecule has 0 saturated carbocycles. The summed E-state index contributed by atoms with van der Waals surface area (Å²) in [4.78, 5) is 27.9. The van der Waals surface area contributed by atoms with Crippen molar-refractivity contribution in [1.29, 1.82) is 0 Å². The van der Waals surface area contributed by atoms with Crippen molar-refractivity contribution in [2.24, 2.45) is 0 Å². The molecule has 0 aliphatic rings. The van der Waals surface area contributed by atoms with Crippen LogP contribution in [-0.2, 0) is 6.54 Å². The third-order valence-corrected chi connectivity index (χ3v) is 3.68. The Bertz CT molecular complexity index is 1010. The molecule has 3 rings (SSSR count). The number of aryl methyl sites for hydroxylation is 1. The highest BCUT2D eigenvalue weighted by molar-refractivity contribution is 5.93. The van der Waals surface area contributed by atoms with Gasteiger partial charge >= 0.3 is 0 Å². The van der Waals surface area contributed by atoms with Crippen molar-refractivity contribution in [1.82, 2.24) is 25.1 Å². The van der Waals surface area contributed by atoms with Crippen LogP contribution in [0.2, 0.25) is 0 Å². The summed E-state index contributed by atoms with van der Waals surface area (Å²) in [5.41, 5.74) is 0.805. The molecular formula is C17H15F2N5O2. The van der Waals surface area contributed by atoms with E-state index in [0.717, 1.165) is 12.1 Å². The summed E-state index contributed by atoms with van der Waals surface area (Å²) in [5, 5.41) is 9.01. The summed E-state index contributed by atoms with van der Waals surface area (Å²) < 4.78 is 28.1. The molecule has 1 amide bonds. The zero-order valence-electron chi connectivity index (χ0n) is 13.8. The van der Waals surface area contributed by atoms with Crippen molar-refractivity contribution in [2.75, 3.05) is 6.54 Å². The number of H-pyrrole nitrogens is 1. The van der Waals surface area contributed by atoms with E-state index < -0.39 is 17.5 Å². The van der Waals surface area contributed by atoms with Crippen molar-refractivity contribution in [3.63, 3.8) is 0 Å². The molecule has 0 bridgehead atoms. The smallest absolute Gasteiger partial charge is 0.269 e. The Morgan fingerprint density at radius 1 is 1.27 bits per heavy atom. The summed E-state index contributed by atoms with van der Waals surface area (Å²) in [6.45, 7) is 2.17. The largest absolute Gasteiger partial charge is 0.349 e. The van der Waals surface area contributed by atoms with Crippen LogP contribution in [-0.4, -0.2) is 32.2 Å². The van der Waals surface area contributed by atoms with E-state index >= 15 is 0 Å². The summed E-state index contributed by atoms with van der Waals surface area (Å²) in [5.74, 6) is -1.92. The van der Waals surface area contributed by atoms with Gasteiger partial charge in [0, 0.05) is 36.5 Å². The average Bonchev–Trinajstić information content (AvgIpc) is 3.06. The predicted molar refractivity (Wildman–Crippen MR) is 89.5 cm³/mol. The van der Waals surface area contributed by atoms with Gasteiger partial charge in [0.2, 0.25) is 0 Å². The predicted octanol–water partition coefficient (Wildman–Crippen LogP) is 1.65. The van der Waals surface area contributed by atoms with E-state index in [4.69, 9.17) is 0 Å². The second kappa shape index (κ2) is 7.26. The minimum Gasteiger partial charge on any atom is -0.349 e. The van der Waals surface area contributed by atoms with Gasteiger partial charge in [-0.3, -0.25) is 19.3 Å². The van der Waals surface area contributed by atoms with Gasteiger partial charge in [0.25, 0.3) is 11.5 Å². The minimum atomic E-state index is -0.769. The van der Waals surface area contributed by atoms with E-state index in [0.29, 0.717) is 5.69 Å². The number of nitrogens with zero attached hydrogens (tertiary/aromatic N) is 3. The van der Waals surface area contributed by atoms with E-state index in [-0.39, 0.29) is 35.6 Å². The highest BCUT2D eigenvalue weighted by atomic mass is 19.1. The van der Waals surface area contributed by atoms with Crippen molar-refractivity contribution in [2.45, 2.75) is 13.5 Å². The van der Waals surface area contributed by atoms with Crippen LogP contribution in [0.3, 0.4) is 0 Å². The molecule has 0 aliphatic carbocycles. The van der Waals surface area contributed by atoms with Gasteiger partial charge in [-0.15, -0.1) is 0 Å². The van der Waals surface area contributed by atoms with Crippen molar-refractivity contribution in [3.05, 3.63) is 70.0 Å². The molecule has 0 saturated heterocycles. The second-order valence-electron chi connectivity index (χ2n) is 5.61. The Morgan fingerprint density at radius 3 is 2.81 bits per heavy atom. The molecule has 0 spiro atoms. The number of amides is 1. The Kier molecular flexibility index (Phi) is 4.87. The summed E-state index contributed by atoms with van der Waals surface area (Å²) in [7, 11) is 0. The number of hydrogen-bond donors (Lipinski definition) is 2. The lowest BCUT2D eigenvalue weighted by atomic mass is 10.1. The van der Waals surface area contributed by atoms with Crippen LogP contribution in [0.15, 0.2) is 41.5 Å². The second-order valence-corrected chi connectivity index (χ2v) is 5.61.